The lowest BCUT2D eigenvalue weighted by Gasteiger charge is -2.67. The number of primary amides is 1. The number of carbonyl (C=O) groups excluding carboxylic acids is 13. The van der Waals surface area contributed by atoms with Gasteiger partial charge in [-0.1, -0.05) is 120 Å². The Hall–Kier alpha value is -10.6. The Morgan fingerprint density at radius 3 is 1.89 bits per heavy atom. The summed E-state index contributed by atoms with van der Waals surface area (Å²) in [7, 11) is 2.71. The molecule has 2 saturated carbocycles. The molecule has 1 aliphatic heterocycles. The second-order valence-corrected chi connectivity index (χ2v) is 29.6. The van der Waals surface area contributed by atoms with Gasteiger partial charge in [0.15, 0.2) is 17.5 Å². The highest BCUT2D eigenvalue weighted by molar-refractivity contribution is 5.99. The third kappa shape index (κ3) is 19.5. The summed E-state index contributed by atoms with van der Waals surface area (Å²) in [5.74, 6) is -9.78. The van der Waals surface area contributed by atoms with Gasteiger partial charge in [0.05, 0.1) is 29.6 Å². The van der Waals surface area contributed by atoms with Gasteiger partial charge in [-0.2, -0.15) is 0 Å². The number of benzene rings is 4. The summed E-state index contributed by atoms with van der Waals surface area (Å²) in [6, 6.07) is 25.3. The number of hydrogen-bond acceptors (Lipinski definition) is 22. The summed E-state index contributed by atoms with van der Waals surface area (Å²) in [6.07, 6.45) is -12.8. The molecular formula is C79H100N8O22. The van der Waals surface area contributed by atoms with Crippen molar-refractivity contribution in [2.24, 2.45) is 34.3 Å². The summed E-state index contributed by atoms with van der Waals surface area (Å²) < 4.78 is 42.9. The molecule has 4 aromatic carbocycles. The number of amides is 8. The number of esters is 4. The third-order valence-electron chi connectivity index (χ3n) is 21.0. The summed E-state index contributed by atoms with van der Waals surface area (Å²) in [6.45, 7) is 14.0. The van der Waals surface area contributed by atoms with Gasteiger partial charge in [-0.3, -0.25) is 38.4 Å². The summed E-state index contributed by atoms with van der Waals surface area (Å²) in [4.78, 5) is 182. The molecule has 3 aliphatic carbocycles. The molecule has 3 fully saturated rings. The first-order valence-electron chi connectivity index (χ1n) is 36.3. The average Bonchev–Trinajstić information content (AvgIpc) is 0.668. The number of Topliss-reactive ketones (excluding diaryl/α,β-unsaturated/α-hetero) is 2. The van der Waals surface area contributed by atoms with Crippen LogP contribution < -0.4 is 32.3 Å². The Labute approximate surface area is 632 Å². The number of nitrogens with one attached hydrogen (secondary N) is 5. The Balaban J connectivity index is 1.02. The van der Waals surface area contributed by atoms with Crippen LogP contribution in [0, 0.1) is 28.6 Å². The molecule has 1 saturated heterocycles. The summed E-state index contributed by atoms with van der Waals surface area (Å²) >= 11 is 0. The zero-order valence-electron chi connectivity index (χ0n) is 63.4. The van der Waals surface area contributed by atoms with Crippen molar-refractivity contribution in [3.05, 3.63) is 149 Å². The van der Waals surface area contributed by atoms with Gasteiger partial charge in [-0.15, -0.1) is 0 Å². The van der Waals surface area contributed by atoms with E-state index in [1.54, 1.807) is 107 Å². The molecule has 8 rings (SSSR count). The van der Waals surface area contributed by atoms with E-state index in [4.69, 9.17) is 38.9 Å². The van der Waals surface area contributed by atoms with Crippen molar-refractivity contribution in [2.75, 3.05) is 45.7 Å². The van der Waals surface area contributed by atoms with E-state index in [0.29, 0.717) is 17.7 Å². The number of urea groups is 1. The van der Waals surface area contributed by atoms with Crippen LogP contribution in [0.4, 0.5) is 20.1 Å². The topological polar surface area (TPSA) is 420 Å². The van der Waals surface area contributed by atoms with Crippen LogP contribution in [0.3, 0.4) is 0 Å². The van der Waals surface area contributed by atoms with Gasteiger partial charge in [0.2, 0.25) is 23.8 Å². The molecule has 0 radical (unpaired) electrons. The van der Waals surface area contributed by atoms with E-state index >= 15 is 9.59 Å². The SMILES string of the molecule is CC(=O)O[C@H]1C(=O)[C@@]2(C)[C@H]([C@H](OC(=O)c3ccccc3)[C@]3(O)C[C@H](OC(=O)[C@H](OC(=O)N(C)CCN(C)C(=O)OCc4ccc(NC(=O)[C@H](CCCNC(N)=O)NC(=O)[C@@H](NC(=O)CCCC(=O)C(C)C)C(C)C)cc4)[C@@H](NC(=O)c4ccccc4)c4ccccc4)C(C)=C1C3(C)C)[C@]1(OC(C)=O)CO[C@@H]1C[C@@H]2O. The molecule has 109 heavy (non-hydrogen) atoms. The number of aliphatic hydroxyl groups is 2. The van der Waals surface area contributed by atoms with Crippen LogP contribution in [-0.4, -0.2) is 198 Å². The molecule has 30 heteroatoms. The van der Waals surface area contributed by atoms with E-state index < -0.39 is 173 Å². The molecule has 9 N–H and O–H groups in total. The first-order valence-corrected chi connectivity index (χ1v) is 36.3. The number of ketones is 2. The van der Waals surface area contributed by atoms with Gasteiger partial charge in [-0.05, 0) is 97.7 Å². The molecule has 0 aromatic heterocycles. The van der Waals surface area contributed by atoms with E-state index in [9.17, 15) is 63.0 Å². The average molecular weight is 1510 g/mol. The molecule has 588 valence electrons. The quantitative estimate of drug-likeness (QED) is 0.0115. The van der Waals surface area contributed by atoms with Crippen molar-refractivity contribution >= 4 is 83.0 Å². The van der Waals surface area contributed by atoms with Gasteiger partial charge in [0.25, 0.3) is 5.91 Å². The number of fused-ring (bicyclic) bond motifs is 5. The number of nitrogens with zero attached hydrogens (tertiary/aromatic N) is 2. The van der Waals surface area contributed by atoms with Crippen LogP contribution in [0.25, 0.3) is 0 Å². The maximum absolute atomic E-state index is 16.0. The molecule has 1 heterocycles. The molecule has 8 amide bonds. The summed E-state index contributed by atoms with van der Waals surface area (Å²) in [5.41, 5.74) is -2.15. The fourth-order valence-corrected chi connectivity index (χ4v) is 14.7. The molecule has 0 spiro atoms. The minimum atomic E-state index is -2.57. The van der Waals surface area contributed by atoms with Crippen molar-refractivity contribution in [3.8, 4) is 0 Å². The van der Waals surface area contributed by atoms with E-state index in [1.165, 1.54) is 78.2 Å². The summed E-state index contributed by atoms with van der Waals surface area (Å²) in [5, 5.41) is 40.1. The number of hydrogen-bond donors (Lipinski definition) is 8. The maximum atomic E-state index is 16.0. The zero-order chi connectivity index (χ0) is 80.0. The van der Waals surface area contributed by atoms with Crippen molar-refractivity contribution in [3.63, 3.8) is 0 Å². The highest BCUT2D eigenvalue weighted by Gasteiger charge is 2.78. The number of rotatable bonds is 31. The predicted molar refractivity (Wildman–Crippen MR) is 392 cm³/mol. The molecule has 4 aliphatic rings. The van der Waals surface area contributed by atoms with Crippen LogP contribution in [0.1, 0.15) is 152 Å². The third-order valence-corrected chi connectivity index (χ3v) is 21.0. The van der Waals surface area contributed by atoms with Crippen molar-refractivity contribution in [1.29, 1.82) is 0 Å². The molecule has 4 aromatic rings. The van der Waals surface area contributed by atoms with E-state index in [-0.39, 0.29) is 97.9 Å². The van der Waals surface area contributed by atoms with Gasteiger partial charge in [0, 0.05) is 95.8 Å². The minimum absolute atomic E-state index is 0.00510. The Morgan fingerprint density at radius 1 is 0.716 bits per heavy atom. The van der Waals surface area contributed by atoms with Crippen molar-refractivity contribution in [2.45, 2.75) is 187 Å². The van der Waals surface area contributed by atoms with E-state index in [2.05, 4.69) is 26.6 Å². The van der Waals surface area contributed by atoms with Crippen LogP contribution in [0.5, 0.6) is 0 Å². The van der Waals surface area contributed by atoms with Crippen LogP contribution >= 0.6 is 0 Å². The molecule has 13 atom stereocenters. The number of carbonyl (C=O) groups is 13. The lowest BCUT2D eigenvalue weighted by Crippen LogP contribution is -2.82. The number of anilines is 1. The lowest BCUT2D eigenvalue weighted by atomic mass is 9.44. The van der Waals surface area contributed by atoms with Gasteiger partial charge in [-0.25, -0.2) is 24.0 Å². The number of ether oxygens (including phenoxy) is 7. The molecule has 30 nitrogen and oxygen atoms in total. The van der Waals surface area contributed by atoms with Gasteiger partial charge in [0.1, 0.15) is 54.4 Å². The Kier molecular flexibility index (Phi) is 27.8. The first-order chi connectivity index (χ1) is 51.4. The molecule has 0 unspecified atom stereocenters. The Bertz CT molecular complexity index is 4050. The Morgan fingerprint density at radius 2 is 1.32 bits per heavy atom. The predicted octanol–water partition coefficient (Wildman–Crippen LogP) is 6.49. The van der Waals surface area contributed by atoms with E-state index in [1.807, 2.05) is 0 Å². The zero-order valence-corrected chi connectivity index (χ0v) is 63.4. The normalized spacial score (nSPS) is 23.4. The first kappa shape index (κ1) is 84.0. The standard InChI is InChI=1S/C79H100N8O22/c1-44(2)55(90)31-22-32-59(92)84-61(45(3)4)70(96)83-54(30-23-37-81-73(80)99)69(95)82-53-35-33-49(34-36-53)42-103-74(100)86(11)38-39-87(12)75(101)107-64(62(50-24-16-13-17-25-50)85-68(94)51-26-18-14-19-27-51)72(98)106-56-41-79(102)67(108-71(97)52-28-20-15-21-29-52)65-77(10,57(91)40-58-78(65,43-104-58)109-48(7)89)66(93)63(105-47(6)88)60(46(56)5)76(79,8)9/h13-21,24-29,33-36,44-45,54,56-58,61-65,67,91,102H,22-23,30-32,37-43H2,1-12H3,(H,82,95)(H,83,96)(H,84,92)(H,85,94)(H3,80,81,99)/t54-,56-,57-,58+,61-,62-,63+,64+,65-,67-,77+,78-,79+/m0/s1. The van der Waals surface area contributed by atoms with Crippen molar-refractivity contribution < 1.29 is 106 Å². The fraction of sp³-hybridized carbons (Fsp3) is 0.506. The monoisotopic (exact) mass is 1510 g/mol. The number of aliphatic hydroxyl groups excluding tert-OH is 1. The van der Waals surface area contributed by atoms with Gasteiger partial charge >= 0.3 is 42.1 Å². The fourth-order valence-electron chi connectivity index (χ4n) is 14.7. The second-order valence-electron chi connectivity index (χ2n) is 29.6. The molecular weight excluding hydrogens is 1410 g/mol. The number of nitrogens with two attached hydrogens (primary N) is 1. The van der Waals surface area contributed by atoms with Gasteiger partial charge < -0.3 is 85.5 Å². The van der Waals surface area contributed by atoms with E-state index in [0.717, 1.165) is 23.6 Å². The largest absolute Gasteiger partial charge is 0.455 e. The lowest BCUT2D eigenvalue weighted by molar-refractivity contribution is -0.346. The number of likely N-dealkylation sites (N-methyl/N-ethyl adjacent to an activating group) is 2. The minimum Gasteiger partial charge on any atom is -0.455 e. The highest BCUT2D eigenvalue weighted by atomic mass is 16.6. The second kappa shape index (κ2) is 36.1. The van der Waals surface area contributed by atoms with Crippen LogP contribution in [-0.2, 0) is 78.1 Å². The van der Waals surface area contributed by atoms with Crippen LogP contribution in [0.15, 0.2) is 126 Å². The smallest absolute Gasteiger partial charge is 0.410 e. The van der Waals surface area contributed by atoms with Crippen LogP contribution in [0.2, 0.25) is 0 Å². The molecule has 2 bridgehead atoms. The maximum Gasteiger partial charge on any atom is 0.410 e. The van der Waals surface area contributed by atoms with Crippen molar-refractivity contribution in [1.82, 2.24) is 31.1 Å². The highest BCUT2D eigenvalue weighted by Crippen LogP contribution is 2.64.